The van der Waals surface area contributed by atoms with Gasteiger partial charge in [0, 0.05) is 55.1 Å². The molecule has 5 N–H and O–H groups in total. The predicted molar refractivity (Wildman–Crippen MR) is 269 cm³/mol. The third-order valence-electron chi connectivity index (χ3n) is 12.9. The zero-order valence-electron chi connectivity index (χ0n) is 41.1. The number of nitrogen functional groups attached to an aromatic ring is 1. The van der Waals surface area contributed by atoms with Crippen molar-refractivity contribution in [3.05, 3.63) is 125 Å². The van der Waals surface area contributed by atoms with Crippen molar-refractivity contribution < 1.29 is 46.9 Å². The van der Waals surface area contributed by atoms with Crippen molar-refractivity contribution in [2.24, 2.45) is 5.41 Å². The number of nitrogens with one attached hydrogen (secondary N) is 2. The summed E-state index contributed by atoms with van der Waals surface area (Å²) in [6.45, 7) is 10.3. The van der Waals surface area contributed by atoms with E-state index >= 15 is 0 Å². The van der Waals surface area contributed by atoms with Crippen molar-refractivity contribution in [1.82, 2.24) is 35.3 Å². The van der Waals surface area contributed by atoms with E-state index in [1.807, 2.05) is 58.9 Å². The number of halogens is 3. The molecule has 384 valence electrons. The molecule has 3 aromatic heterocycles. The number of carbonyl (C=O) groups excluding carboxylic acids is 4. The lowest BCUT2D eigenvalue weighted by molar-refractivity contribution is -0.144. The Hall–Kier alpha value is -7.16. The van der Waals surface area contributed by atoms with E-state index in [9.17, 15) is 37.5 Å². The molecule has 6 aromatic rings. The summed E-state index contributed by atoms with van der Waals surface area (Å²) in [5.41, 5.74) is 12.5. The summed E-state index contributed by atoms with van der Waals surface area (Å²) in [5, 5.41) is 21.0. The van der Waals surface area contributed by atoms with Gasteiger partial charge in [-0.05, 0) is 78.3 Å². The summed E-state index contributed by atoms with van der Waals surface area (Å²) in [5.74, 6) is -0.647. The van der Waals surface area contributed by atoms with Crippen LogP contribution in [0, 0.1) is 12.3 Å². The molecule has 5 heterocycles. The van der Waals surface area contributed by atoms with Crippen LogP contribution < -0.4 is 26.0 Å². The maximum absolute atomic E-state index is 14.1. The number of alkyl halides is 3. The van der Waals surface area contributed by atoms with E-state index in [1.54, 1.807) is 69.3 Å². The summed E-state index contributed by atoms with van der Waals surface area (Å²) in [6.07, 6.45) is 0.0569. The molecule has 73 heavy (non-hydrogen) atoms. The number of aromatic nitrogens is 4. The van der Waals surface area contributed by atoms with E-state index in [2.05, 4.69) is 25.7 Å². The monoisotopic (exact) mass is 1020 g/mol. The molecule has 20 heteroatoms. The number of fused-ring (bicyclic) bond motifs is 1. The summed E-state index contributed by atoms with van der Waals surface area (Å²) in [7, 11) is 0. The van der Waals surface area contributed by atoms with E-state index in [4.69, 9.17) is 15.2 Å². The van der Waals surface area contributed by atoms with Gasteiger partial charge >= 0.3 is 6.18 Å². The van der Waals surface area contributed by atoms with E-state index in [1.165, 1.54) is 17.0 Å². The number of aliphatic hydroxyl groups excluding tert-OH is 1. The van der Waals surface area contributed by atoms with Crippen LogP contribution >= 0.6 is 11.3 Å². The fourth-order valence-electron chi connectivity index (χ4n) is 8.96. The van der Waals surface area contributed by atoms with Gasteiger partial charge in [-0.1, -0.05) is 63.2 Å². The Morgan fingerprint density at radius 1 is 0.945 bits per heavy atom. The van der Waals surface area contributed by atoms with Crippen molar-refractivity contribution in [3.8, 4) is 33.1 Å². The molecule has 4 amide bonds. The number of nitrogens with zero attached hydrogens (tertiary/aromatic N) is 6. The lowest BCUT2D eigenvalue weighted by atomic mass is 9.85. The molecule has 0 aliphatic carbocycles. The SMILES string of the molecule is Cc1ncsc1-c1ccc([C@H](C)NC(=O)[C@@H]2C[C@@H](O)CN2C(=O)[C@@H](NC(=O)CCOCCn2cc(-c3cnc(N)c(Oc4ccc5c(c4)CCN5C(=O)Cc4cccc(C(F)(F)F)c4)c3)cn2)C(C)(C)C)cc1. The molecule has 16 nitrogen and oxygen atoms in total. The number of ether oxygens (including phenoxy) is 2. The van der Waals surface area contributed by atoms with Crippen LogP contribution in [0.4, 0.5) is 24.7 Å². The predicted octanol–water partition coefficient (Wildman–Crippen LogP) is 7.68. The molecule has 0 spiro atoms. The van der Waals surface area contributed by atoms with Gasteiger partial charge in [-0.15, -0.1) is 11.3 Å². The topological polar surface area (TPSA) is 207 Å². The lowest BCUT2D eigenvalue weighted by Gasteiger charge is -2.35. The third kappa shape index (κ3) is 12.5. The molecule has 2 aliphatic rings. The van der Waals surface area contributed by atoms with Gasteiger partial charge in [0.2, 0.25) is 23.6 Å². The molecule has 0 bridgehead atoms. The molecule has 2 aliphatic heterocycles. The van der Waals surface area contributed by atoms with Crippen LogP contribution in [0.3, 0.4) is 0 Å². The van der Waals surface area contributed by atoms with Crippen molar-refractivity contribution >= 4 is 46.5 Å². The number of carbonyl (C=O) groups is 4. The highest BCUT2D eigenvalue weighted by Gasteiger charge is 2.45. The van der Waals surface area contributed by atoms with Crippen LogP contribution in [0.15, 0.2) is 96.9 Å². The number of amides is 4. The number of anilines is 2. The molecule has 8 rings (SSSR count). The van der Waals surface area contributed by atoms with Crippen LogP contribution in [-0.4, -0.2) is 97.9 Å². The van der Waals surface area contributed by atoms with Crippen molar-refractivity contribution in [3.63, 3.8) is 0 Å². The zero-order chi connectivity index (χ0) is 52.2. The highest BCUT2D eigenvalue weighted by Crippen LogP contribution is 2.37. The van der Waals surface area contributed by atoms with Crippen molar-refractivity contribution in [2.45, 2.75) is 97.3 Å². The van der Waals surface area contributed by atoms with Crippen LogP contribution in [-0.2, 0) is 49.5 Å². The van der Waals surface area contributed by atoms with Gasteiger partial charge in [0.05, 0.1) is 66.2 Å². The first-order chi connectivity index (χ1) is 34.7. The maximum atomic E-state index is 14.1. The maximum Gasteiger partial charge on any atom is 0.416 e. The molecule has 0 saturated carbocycles. The fourth-order valence-corrected chi connectivity index (χ4v) is 9.77. The van der Waals surface area contributed by atoms with E-state index < -0.39 is 47.2 Å². The second kappa shape index (κ2) is 21.9. The molecule has 3 aromatic carbocycles. The molecule has 0 radical (unpaired) electrons. The third-order valence-corrected chi connectivity index (χ3v) is 13.9. The van der Waals surface area contributed by atoms with E-state index in [0.717, 1.165) is 45.0 Å². The lowest BCUT2D eigenvalue weighted by Crippen LogP contribution is -2.58. The second-order valence-electron chi connectivity index (χ2n) is 19.4. The van der Waals surface area contributed by atoms with Gasteiger partial charge in [-0.2, -0.15) is 18.3 Å². The molecule has 4 atom stereocenters. The fraction of sp³-hybridized carbons (Fsp3) is 0.377. The first-order valence-electron chi connectivity index (χ1n) is 23.9. The number of likely N-dealkylation sites (tertiary alicyclic amines) is 1. The summed E-state index contributed by atoms with van der Waals surface area (Å²) in [6, 6.07) is 17.4. The first-order valence-corrected chi connectivity index (χ1v) is 24.8. The molecule has 1 fully saturated rings. The van der Waals surface area contributed by atoms with Gasteiger partial charge in [-0.25, -0.2) is 9.97 Å². The number of benzene rings is 3. The summed E-state index contributed by atoms with van der Waals surface area (Å²) < 4.78 is 53.4. The Labute approximate surface area is 424 Å². The minimum absolute atomic E-state index is 0.0284. The number of β-amino-alcohol motifs (C(OH)–C–C–N with tert-alkyl or cyclic N) is 1. The van der Waals surface area contributed by atoms with Crippen LogP contribution in [0.5, 0.6) is 11.5 Å². The quantitative estimate of drug-likeness (QED) is 0.0652. The highest BCUT2D eigenvalue weighted by atomic mass is 32.1. The smallest absolute Gasteiger partial charge is 0.416 e. The Morgan fingerprint density at radius 3 is 2.45 bits per heavy atom. The van der Waals surface area contributed by atoms with Crippen LogP contribution in [0.1, 0.15) is 74.5 Å². The Kier molecular flexibility index (Phi) is 15.7. The average Bonchev–Trinajstić information content (AvgIpc) is 4.18. The molecule has 0 unspecified atom stereocenters. The van der Waals surface area contributed by atoms with Crippen molar-refractivity contribution in [2.75, 3.05) is 36.9 Å². The minimum atomic E-state index is -4.50. The van der Waals surface area contributed by atoms with Gasteiger partial charge in [0.15, 0.2) is 11.6 Å². The number of pyridine rings is 1. The second-order valence-corrected chi connectivity index (χ2v) is 20.3. The van der Waals surface area contributed by atoms with E-state index in [0.29, 0.717) is 42.3 Å². The number of rotatable bonds is 17. The minimum Gasteiger partial charge on any atom is -0.453 e. The standard InChI is InChI=1S/C53H58F3N9O7S/c1-31(34-9-11-35(12-10-34)47-32(2)59-30-73-47)61-50(69)43-25-40(66)29-65(43)51(70)48(52(3,4)5)62-45(67)16-19-71-20-18-63-28-38(27-60-63)37-24-44(49(57)58-26-37)72-41-13-14-42-36(23-41)15-17-64(42)46(68)22-33-7-6-8-39(21-33)53(54,55)56/h6-14,21,23-24,26-28,30-31,40,43,48,66H,15-20,22,25,29H2,1-5H3,(H2,57,58)(H,61,69)(H,62,67)/t31-,40+,43-,48+/m0/s1. The van der Waals surface area contributed by atoms with Crippen molar-refractivity contribution in [1.29, 1.82) is 0 Å². The Bertz CT molecular complexity index is 2970. The zero-order valence-corrected chi connectivity index (χ0v) is 41.9. The number of hydrogen-bond donors (Lipinski definition) is 4. The van der Waals surface area contributed by atoms with Gasteiger partial charge in [0.25, 0.3) is 0 Å². The van der Waals surface area contributed by atoms with Gasteiger partial charge in [-0.3, -0.25) is 23.9 Å². The normalized spacial score (nSPS) is 16.5. The molecule has 1 saturated heterocycles. The number of nitrogens with two attached hydrogens (primary N) is 1. The average molecular weight is 1020 g/mol. The molecular formula is C53H58F3N9O7S. The summed E-state index contributed by atoms with van der Waals surface area (Å²) >= 11 is 1.56. The Morgan fingerprint density at radius 2 is 1.73 bits per heavy atom. The number of aliphatic hydroxyl groups is 1. The summed E-state index contributed by atoms with van der Waals surface area (Å²) in [4.78, 5) is 67.0. The van der Waals surface area contributed by atoms with Gasteiger partial charge in [0.1, 0.15) is 17.8 Å². The molecular weight excluding hydrogens is 964 g/mol. The largest absolute Gasteiger partial charge is 0.453 e. The number of aryl methyl sites for hydroxylation is 1. The number of hydrogen-bond acceptors (Lipinski definition) is 12. The van der Waals surface area contributed by atoms with Gasteiger partial charge < -0.3 is 40.7 Å². The van der Waals surface area contributed by atoms with Crippen LogP contribution in [0.25, 0.3) is 21.6 Å². The first kappa shape index (κ1) is 52.2. The number of thiazole rings is 1. The van der Waals surface area contributed by atoms with Crippen LogP contribution in [0.2, 0.25) is 0 Å². The highest BCUT2D eigenvalue weighted by molar-refractivity contribution is 7.13. The van der Waals surface area contributed by atoms with E-state index in [-0.39, 0.29) is 68.3 Å². The Balaban J connectivity index is 0.798.